The zero-order chi connectivity index (χ0) is 32.1. The van der Waals surface area contributed by atoms with Gasteiger partial charge in [-0.2, -0.15) is 0 Å². The summed E-state index contributed by atoms with van der Waals surface area (Å²) in [7, 11) is 0. The number of phenolic OH excluding ortho intramolecular Hbond substituents is 2. The van der Waals surface area contributed by atoms with Crippen LogP contribution in [0.1, 0.15) is 18.1 Å². The van der Waals surface area contributed by atoms with Crippen LogP contribution in [0.15, 0.2) is 78.9 Å². The Bertz CT molecular complexity index is 1430. The van der Waals surface area contributed by atoms with Gasteiger partial charge in [0.2, 0.25) is 29.5 Å². The number of carbonyl (C=O) groups excluding carboxylic acids is 5. The van der Waals surface area contributed by atoms with Crippen LogP contribution < -0.4 is 32.3 Å². The lowest BCUT2D eigenvalue weighted by Gasteiger charge is -2.20. The van der Waals surface area contributed by atoms with Crippen LogP contribution in [0.4, 0.5) is 5.69 Å². The molecule has 0 saturated carbocycles. The van der Waals surface area contributed by atoms with Crippen molar-refractivity contribution in [3.05, 3.63) is 90.0 Å². The third-order valence-electron chi connectivity index (χ3n) is 6.41. The van der Waals surface area contributed by atoms with Gasteiger partial charge in [-0.1, -0.05) is 42.5 Å². The summed E-state index contributed by atoms with van der Waals surface area (Å²) >= 11 is 0. The molecule has 0 aliphatic heterocycles. The van der Waals surface area contributed by atoms with Crippen molar-refractivity contribution in [2.24, 2.45) is 5.73 Å². The number of phenols is 2. The maximum Gasteiger partial charge on any atom is 0.243 e. The molecular weight excluding hydrogens is 568 g/mol. The Morgan fingerprint density at radius 2 is 1.20 bits per heavy atom. The predicted octanol–water partition coefficient (Wildman–Crippen LogP) is 0.0709. The number of nitrogens with two attached hydrogens (primary N) is 1. The average Bonchev–Trinajstić information content (AvgIpc) is 3.01. The van der Waals surface area contributed by atoms with Crippen LogP contribution >= 0.6 is 0 Å². The van der Waals surface area contributed by atoms with Crippen LogP contribution in [-0.4, -0.2) is 71.0 Å². The van der Waals surface area contributed by atoms with Crippen molar-refractivity contribution in [2.45, 2.75) is 37.9 Å². The van der Waals surface area contributed by atoms with Gasteiger partial charge < -0.3 is 42.5 Å². The number of aromatic hydroxyl groups is 2. The molecule has 0 unspecified atom stereocenters. The van der Waals surface area contributed by atoms with E-state index in [9.17, 15) is 34.2 Å². The van der Waals surface area contributed by atoms with E-state index in [1.54, 1.807) is 42.5 Å². The van der Waals surface area contributed by atoms with Crippen molar-refractivity contribution in [1.29, 1.82) is 0 Å². The van der Waals surface area contributed by atoms with Crippen molar-refractivity contribution in [2.75, 3.05) is 18.4 Å². The second-order valence-electron chi connectivity index (χ2n) is 10.0. The first kappa shape index (κ1) is 33.1. The van der Waals surface area contributed by atoms with E-state index in [2.05, 4.69) is 26.6 Å². The highest BCUT2D eigenvalue weighted by molar-refractivity contribution is 5.97. The lowest BCUT2D eigenvalue weighted by Crippen LogP contribution is -2.54. The highest BCUT2D eigenvalue weighted by Crippen LogP contribution is 2.13. The minimum atomic E-state index is -1.06. The van der Waals surface area contributed by atoms with Crippen LogP contribution in [-0.2, 0) is 36.8 Å². The van der Waals surface area contributed by atoms with Crippen LogP contribution in [0.25, 0.3) is 0 Å². The minimum absolute atomic E-state index is 0.0392. The summed E-state index contributed by atoms with van der Waals surface area (Å²) in [6.45, 7) is 0.593. The van der Waals surface area contributed by atoms with E-state index in [0.717, 1.165) is 11.1 Å². The molecule has 0 fully saturated rings. The molecule has 0 bridgehead atoms. The monoisotopic (exact) mass is 604 g/mol. The third kappa shape index (κ3) is 11.1. The number of hydrogen-bond acceptors (Lipinski definition) is 8. The number of benzene rings is 3. The molecule has 3 aromatic rings. The van der Waals surface area contributed by atoms with E-state index < -0.39 is 54.2 Å². The predicted molar refractivity (Wildman–Crippen MR) is 162 cm³/mol. The Morgan fingerprint density at radius 3 is 1.84 bits per heavy atom. The van der Waals surface area contributed by atoms with E-state index in [1.165, 1.54) is 43.3 Å². The first-order valence-electron chi connectivity index (χ1n) is 13.8. The summed E-state index contributed by atoms with van der Waals surface area (Å²) in [6.07, 6.45) is 0.309. The van der Waals surface area contributed by atoms with Gasteiger partial charge >= 0.3 is 0 Å². The molecule has 0 saturated heterocycles. The van der Waals surface area contributed by atoms with Gasteiger partial charge in [-0.25, -0.2) is 0 Å². The molecular formula is C31H36N6O7. The quantitative estimate of drug-likeness (QED) is 0.118. The lowest BCUT2D eigenvalue weighted by molar-refractivity contribution is -0.131. The topological polar surface area (TPSA) is 212 Å². The van der Waals surface area contributed by atoms with E-state index in [0.29, 0.717) is 5.69 Å². The van der Waals surface area contributed by atoms with Crippen molar-refractivity contribution >= 4 is 35.2 Å². The zero-order valence-corrected chi connectivity index (χ0v) is 24.1. The van der Waals surface area contributed by atoms with Crippen molar-refractivity contribution < 1.29 is 34.2 Å². The Labute approximate surface area is 254 Å². The number of anilines is 1. The van der Waals surface area contributed by atoms with Crippen LogP contribution in [0, 0.1) is 0 Å². The molecule has 232 valence electrons. The molecule has 0 aromatic heterocycles. The zero-order valence-electron chi connectivity index (χ0n) is 24.1. The molecule has 3 rings (SSSR count). The Morgan fingerprint density at radius 1 is 0.659 bits per heavy atom. The molecule has 3 aromatic carbocycles. The maximum absolute atomic E-state index is 13.0. The maximum atomic E-state index is 13.0. The Kier molecular flexibility index (Phi) is 12.2. The number of hydrogen-bond donors (Lipinski definition) is 8. The largest absolute Gasteiger partial charge is 0.508 e. The fraction of sp³-hybridized carbons (Fsp3) is 0.258. The second kappa shape index (κ2) is 16.3. The number of carbonyl (C=O) groups is 5. The van der Waals surface area contributed by atoms with Gasteiger partial charge in [0.25, 0.3) is 0 Å². The first-order chi connectivity index (χ1) is 21.0. The molecule has 13 heteroatoms. The van der Waals surface area contributed by atoms with Gasteiger partial charge in [-0.15, -0.1) is 0 Å². The summed E-state index contributed by atoms with van der Waals surface area (Å²) in [5, 5.41) is 31.3. The standard InChI is InChI=1S/C31H36N6O7/c1-19(35-30(43)25(32)15-21-7-11-23(38)12-8-21)29(42)33-18-28(41)37-26(16-20-5-3-2-4-6-20)31(44)34-17-27(40)36-22-9-13-24(39)14-10-22/h2-14,19,25-26,38-39H,15-18,32H2,1H3,(H,33,42)(H,34,44)(H,35,43)(H,36,40)(H,37,41)/t19-,25+,26+/m1/s1. The van der Waals surface area contributed by atoms with Gasteiger partial charge in [-0.05, 0) is 60.9 Å². The average molecular weight is 605 g/mol. The third-order valence-corrected chi connectivity index (χ3v) is 6.41. The summed E-state index contributed by atoms with van der Waals surface area (Å²) in [5.41, 5.74) is 7.86. The highest BCUT2D eigenvalue weighted by atomic mass is 16.3. The van der Waals surface area contributed by atoms with Gasteiger partial charge in [0.1, 0.15) is 23.6 Å². The van der Waals surface area contributed by atoms with Crippen LogP contribution in [0.5, 0.6) is 11.5 Å². The molecule has 3 atom stereocenters. The van der Waals surface area contributed by atoms with E-state index in [-0.39, 0.29) is 30.9 Å². The van der Waals surface area contributed by atoms with Gasteiger partial charge in [0.15, 0.2) is 0 Å². The smallest absolute Gasteiger partial charge is 0.243 e. The Balaban J connectivity index is 1.49. The molecule has 0 spiro atoms. The molecule has 0 aliphatic rings. The minimum Gasteiger partial charge on any atom is -0.508 e. The summed E-state index contributed by atoms with van der Waals surface area (Å²) in [5.74, 6) is -2.87. The van der Waals surface area contributed by atoms with Crippen molar-refractivity contribution in [1.82, 2.24) is 21.3 Å². The van der Waals surface area contributed by atoms with Crippen molar-refractivity contribution in [3.63, 3.8) is 0 Å². The fourth-order valence-electron chi connectivity index (χ4n) is 4.03. The second-order valence-corrected chi connectivity index (χ2v) is 10.0. The normalized spacial score (nSPS) is 12.6. The fourth-order valence-corrected chi connectivity index (χ4v) is 4.03. The van der Waals surface area contributed by atoms with Gasteiger partial charge in [0, 0.05) is 12.1 Å². The summed E-state index contributed by atoms with van der Waals surface area (Å²) in [4.78, 5) is 63.0. The Hall–Kier alpha value is -5.43. The van der Waals surface area contributed by atoms with Crippen molar-refractivity contribution in [3.8, 4) is 11.5 Å². The van der Waals surface area contributed by atoms with E-state index in [4.69, 9.17) is 5.73 Å². The highest BCUT2D eigenvalue weighted by Gasteiger charge is 2.24. The lowest BCUT2D eigenvalue weighted by atomic mass is 10.1. The number of amides is 5. The summed E-state index contributed by atoms with van der Waals surface area (Å²) < 4.78 is 0. The molecule has 0 heterocycles. The van der Waals surface area contributed by atoms with Crippen LogP contribution in [0.3, 0.4) is 0 Å². The van der Waals surface area contributed by atoms with Gasteiger partial charge in [-0.3, -0.25) is 24.0 Å². The molecule has 0 aliphatic carbocycles. The molecule has 5 amide bonds. The summed E-state index contributed by atoms with van der Waals surface area (Å²) in [6, 6.07) is 18.0. The first-order valence-corrected chi connectivity index (χ1v) is 13.8. The molecule has 9 N–H and O–H groups in total. The van der Waals surface area contributed by atoms with Gasteiger partial charge in [0.05, 0.1) is 19.1 Å². The SMILES string of the molecule is C[C@@H](NC(=O)[C@@H](N)Cc1ccc(O)cc1)C(=O)NCC(=O)N[C@@H](Cc1ccccc1)C(=O)NCC(=O)Nc1ccc(O)cc1. The molecule has 0 radical (unpaired) electrons. The number of rotatable bonds is 14. The number of nitrogens with one attached hydrogen (secondary N) is 5. The van der Waals surface area contributed by atoms with Crippen LogP contribution in [0.2, 0.25) is 0 Å². The van der Waals surface area contributed by atoms with E-state index >= 15 is 0 Å². The van der Waals surface area contributed by atoms with E-state index in [1.807, 2.05) is 0 Å². The molecule has 44 heavy (non-hydrogen) atoms. The molecule has 13 nitrogen and oxygen atoms in total.